The van der Waals surface area contributed by atoms with Crippen molar-refractivity contribution >= 4 is 11.9 Å². The predicted octanol–water partition coefficient (Wildman–Crippen LogP) is 2.48. The molecule has 120 valence electrons. The fourth-order valence-electron chi connectivity index (χ4n) is 2.79. The van der Waals surface area contributed by atoms with Gasteiger partial charge < -0.3 is 9.84 Å². The average Bonchev–Trinajstić information content (AvgIpc) is 3.05. The zero-order valence-electron chi connectivity index (χ0n) is 12.8. The number of aryl methyl sites for hydroxylation is 1. The standard InChI is InChI=1S/C16H16FN3O3/c1-3-16(11-4-6-12(17)7-5-11)14(21)20(15(22)18-16)9-13-8-10(2)19-23-13/h4-8H,3,9H2,1-2H3,(H,18,22). The monoisotopic (exact) mass is 317 g/mol. The number of aromatic nitrogens is 1. The lowest BCUT2D eigenvalue weighted by Gasteiger charge is -2.25. The maximum Gasteiger partial charge on any atom is 0.325 e. The van der Waals surface area contributed by atoms with Crippen LogP contribution in [-0.4, -0.2) is 22.0 Å². The highest BCUT2D eigenvalue weighted by molar-refractivity contribution is 6.07. The van der Waals surface area contributed by atoms with E-state index in [1.54, 1.807) is 19.9 Å². The van der Waals surface area contributed by atoms with E-state index in [4.69, 9.17) is 4.52 Å². The number of benzene rings is 1. The molecule has 1 saturated heterocycles. The predicted molar refractivity (Wildman–Crippen MR) is 78.7 cm³/mol. The Labute approximate surface area is 132 Å². The highest BCUT2D eigenvalue weighted by Crippen LogP contribution is 2.33. The van der Waals surface area contributed by atoms with Crippen LogP contribution in [0.15, 0.2) is 34.9 Å². The number of halogens is 1. The van der Waals surface area contributed by atoms with E-state index in [-0.39, 0.29) is 12.5 Å². The van der Waals surface area contributed by atoms with Crippen molar-refractivity contribution in [2.75, 3.05) is 0 Å². The molecule has 1 aromatic heterocycles. The highest BCUT2D eigenvalue weighted by atomic mass is 19.1. The maximum absolute atomic E-state index is 13.1. The molecule has 0 aliphatic carbocycles. The van der Waals surface area contributed by atoms with Gasteiger partial charge in [0.1, 0.15) is 11.4 Å². The van der Waals surface area contributed by atoms with Gasteiger partial charge in [-0.15, -0.1) is 0 Å². The Hall–Kier alpha value is -2.70. The molecule has 1 unspecified atom stereocenters. The van der Waals surface area contributed by atoms with E-state index < -0.39 is 17.4 Å². The van der Waals surface area contributed by atoms with Gasteiger partial charge in [0.05, 0.1) is 12.2 Å². The number of rotatable bonds is 4. The van der Waals surface area contributed by atoms with Crippen LogP contribution in [0.2, 0.25) is 0 Å². The second kappa shape index (κ2) is 5.49. The quantitative estimate of drug-likeness (QED) is 0.879. The number of hydrogen-bond acceptors (Lipinski definition) is 4. The summed E-state index contributed by atoms with van der Waals surface area (Å²) < 4.78 is 18.2. The molecule has 3 amide bonds. The summed E-state index contributed by atoms with van der Waals surface area (Å²) in [5.74, 6) is -0.353. The molecule has 7 heteroatoms. The van der Waals surface area contributed by atoms with Crippen LogP contribution < -0.4 is 5.32 Å². The first-order valence-corrected chi connectivity index (χ1v) is 7.28. The van der Waals surface area contributed by atoms with Gasteiger partial charge in [-0.1, -0.05) is 24.2 Å². The van der Waals surface area contributed by atoms with Crippen LogP contribution >= 0.6 is 0 Å². The second-order valence-corrected chi connectivity index (χ2v) is 5.52. The third kappa shape index (κ3) is 2.48. The number of nitrogens with one attached hydrogen (secondary N) is 1. The normalized spacial score (nSPS) is 20.9. The zero-order chi connectivity index (χ0) is 16.6. The Morgan fingerprint density at radius 3 is 2.57 bits per heavy atom. The fourth-order valence-corrected chi connectivity index (χ4v) is 2.79. The first-order valence-electron chi connectivity index (χ1n) is 7.28. The Kier molecular flexibility index (Phi) is 3.63. The van der Waals surface area contributed by atoms with Gasteiger partial charge in [0.2, 0.25) is 0 Å². The van der Waals surface area contributed by atoms with Gasteiger partial charge in [0, 0.05) is 6.07 Å². The third-order valence-corrected chi connectivity index (χ3v) is 4.03. The minimum absolute atomic E-state index is 0.00838. The number of urea groups is 1. The Balaban J connectivity index is 1.93. The third-order valence-electron chi connectivity index (χ3n) is 4.03. The van der Waals surface area contributed by atoms with Gasteiger partial charge in [0.25, 0.3) is 5.91 Å². The lowest BCUT2D eigenvalue weighted by atomic mass is 9.87. The number of carbonyl (C=O) groups excluding carboxylic acids is 2. The minimum atomic E-state index is -1.18. The molecule has 0 saturated carbocycles. The average molecular weight is 317 g/mol. The summed E-state index contributed by atoms with van der Waals surface area (Å²) in [6, 6.07) is 6.74. The van der Waals surface area contributed by atoms with Gasteiger partial charge in [-0.25, -0.2) is 9.18 Å². The first-order chi connectivity index (χ1) is 11.0. The molecular weight excluding hydrogens is 301 g/mol. The van der Waals surface area contributed by atoms with Crippen LogP contribution in [0.25, 0.3) is 0 Å². The number of hydrogen-bond donors (Lipinski definition) is 1. The van der Waals surface area contributed by atoms with Crippen LogP contribution in [0.5, 0.6) is 0 Å². The minimum Gasteiger partial charge on any atom is -0.359 e. The number of nitrogens with zero attached hydrogens (tertiary/aromatic N) is 2. The van der Waals surface area contributed by atoms with Crippen LogP contribution in [0.3, 0.4) is 0 Å². The van der Waals surface area contributed by atoms with Gasteiger partial charge in [-0.2, -0.15) is 0 Å². The SMILES string of the molecule is CCC1(c2ccc(F)cc2)NC(=O)N(Cc2cc(C)no2)C1=O. The van der Waals surface area contributed by atoms with E-state index in [0.717, 1.165) is 4.90 Å². The summed E-state index contributed by atoms with van der Waals surface area (Å²) in [5, 5.41) is 6.48. The van der Waals surface area contributed by atoms with E-state index in [0.29, 0.717) is 23.4 Å². The van der Waals surface area contributed by atoms with Crippen LogP contribution in [0.1, 0.15) is 30.4 Å². The Morgan fingerprint density at radius 1 is 1.30 bits per heavy atom. The van der Waals surface area contributed by atoms with Crippen LogP contribution in [0, 0.1) is 12.7 Å². The van der Waals surface area contributed by atoms with Crippen molar-refractivity contribution in [2.24, 2.45) is 0 Å². The zero-order valence-corrected chi connectivity index (χ0v) is 12.8. The highest BCUT2D eigenvalue weighted by Gasteiger charge is 2.51. The van der Waals surface area contributed by atoms with E-state index >= 15 is 0 Å². The van der Waals surface area contributed by atoms with E-state index in [9.17, 15) is 14.0 Å². The summed E-state index contributed by atoms with van der Waals surface area (Å²) in [5.41, 5.74) is 0.0446. The number of amides is 3. The lowest BCUT2D eigenvalue weighted by Crippen LogP contribution is -2.43. The van der Waals surface area contributed by atoms with E-state index in [2.05, 4.69) is 10.5 Å². The molecule has 6 nitrogen and oxygen atoms in total. The maximum atomic E-state index is 13.1. The van der Waals surface area contributed by atoms with Gasteiger partial charge in [-0.05, 0) is 31.0 Å². The Morgan fingerprint density at radius 2 is 2.00 bits per heavy atom. The van der Waals surface area contributed by atoms with Crippen LogP contribution in [-0.2, 0) is 16.9 Å². The molecule has 1 aliphatic rings. The van der Waals surface area contributed by atoms with Crippen molar-refractivity contribution in [3.05, 3.63) is 53.2 Å². The number of carbonyl (C=O) groups is 2. The van der Waals surface area contributed by atoms with Crippen molar-refractivity contribution in [1.29, 1.82) is 0 Å². The van der Waals surface area contributed by atoms with Crippen molar-refractivity contribution in [2.45, 2.75) is 32.4 Å². The van der Waals surface area contributed by atoms with Crippen LogP contribution in [0.4, 0.5) is 9.18 Å². The molecule has 1 aromatic carbocycles. The number of imide groups is 1. The largest absolute Gasteiger partial charge is 0.359 e. The van der Waals surface area contributed by atoms with Crippen molar-refractivity contribution in [1.82, 2.24) is 15.4 Å². The summed E-state index contributed by atoms with van der Waals surface area (Å²) in [4.78, 5) is 26.2. The molecular formula is C16H16FN3O3. The van der Waals surface area contributed by atoms with Crippen molar-refractivity contribution < 1.29 is 18.5 Å². The molecule has 0 spiro atoms. The van der Waals surface area contributed by atoms with E-state index in [1.807, 2.05) is 0 Å². The lowest BCUT2D eigenvalue weighted by molar-refractivity contribution is -0.132. The first kappa shape index (κ1) is 15.2. The van der Waals surface area contributed by atoms with Gasteiger partial charge in [-0.3, -0.25) is 9.69 Å². The summed E-state index contributed by atoms with van der Waals surface area (Å²) in [7, 11) is 0. The molecule has 0 radical (unpaired) electrons. The second-order valence-electron chi connectivity index (χ2n) is 5.52. The molecule has 1 fully saturated rings. The van der Waals surface area contributed by atoms with Gasteiger partial charge in [0.15, 0.2) is 5.76 Å². The molecule has 1 atom stereocenters. The molecule has 1 aliphatic heterocycles. The topological polar surface area (TPSA) is 75.4 Å². The smallest absolute Gasteiger partial charge is 0.325 e. The molecule has 23 heavy (non-hydrogen) atoms. The van der Waals surface area contributed by atoms with Gasteiger partial charge >= 0.3 is 6.03 Å². The van der Waals surface area contributed by atoms with Crippen molar-refractivity contribution in [3.63, 3.8) is 0 Å². The summed E-state index contributed by atoms with van der Waals surface area (Å²) >= 11 is 0. The molecule has 1 N–H and O–H groups in total. The molecule has 0 bridgehead atoms. The summed E-state index contributed by atoms with van der Waals surface area (Å²) in [6.45, 7) is 3.56. The summed E-state index contributed by atoms with van der Waals surface area (Å²) in [6.07, 6.45) is 0.356. The fraction of sp³-hybridized carbons (Fsp3) is 0.312. The molecule has 2 heterocycles. The van der Waals surface area contributed by atoms with Crippen molar-refractivity contribution in [3.8, 4) is 0 Å². The molecule has 3 rings (SSSR count). The molecule has 2 aromatic rings. The van der Waals surface area contributed by atoms with E-state index in [1.165, 1.54) is 24.3 Å². The Bertz CT molecular complexity index is 756.